The molecular weight excluding hydrogens is 244 g/mol. The quantitative estimate of drug-likeness (QED) is 0.670. The van der Waals surface area contributed by atoms with Crippen molar-refractivity contribution >= 4 is 0 Å². The summed E-state index contributed by atoms with van der Waals surface area (Å²) in [6.07, 6.45) is 11.1. The van der Waals surface area contributed by atoms with Crippen LogP contribution in [0, 0.1) is 5.92 Å². The van der Waals surface area contributed by atoms with Crippen molar-refractivity contribution in [3.8, 4) is 0 Å². The largest absolute Gasteiger partial charge is 0.393 e. The maximum Gasteiger partial charge on any atom is 0.0568 e. The Labute approximate surface area is 124 Å². The molecule has 0 bridgehead atoms. The van der Waals surface area contributed by atoms with Gasteiger partial charge in [0, 0.05) is 0 Å². The molecule has 1 saturated carbocycles. The van der Waals surface area contributed by atoms with Gasteiger partial charge >= 0.3 is 0 Å². The molecule has 0 radical (unpaired) electrons. The summed E-state index contributed by atoms with van der Waals surface area (Å²) >= 11 is 0. The van der Waals surface area contributed by atoms with Gasteiger partial charge in [-0.2, -0.15) is 0 Å². The zero-order valence-electron chi connectivity index (χ0n) is 12.9. The first kappa shape index (κ1) is 15.6. The lowest BCUT2D eigenvalue weighted by Crippen LogP contribution is -2.28. The topological polar surface area (TPSA) is 20.2 Å². The Kier molecular flexibility index (Phi) is 6.59. The number of aliphatic hydroxyl groups excluding tert-OH is 1. The number of rotatable bonds is 7. The van der Waals surface area contributed by atoms with Crippen molar-refractivity contribution < 1.29 is 5.11 Å². The standard InChI is InChI=1S/C19H30O/c1-2-3-4-5-7-12-18-15-17(13-14-19(18)20)16-10-8-6-9-11-16/h6,8-11,17-20H,2-5,7,12-15H2,1H3. The third kappa shape index (κ3) is 4.63. The molecule has 1 aliphatic rings. The second kappa shape index (κ2) is 8.46. The lowest BCUT2D eigenvalue weighted by atomic mass is 9.74. The van der Waals surface area contributed by atoms with Crippen LogP contribution in [0.4, 0.5) is 0 Å². The monoisotopic (exact) mass is 274 g/mol. The molecule has 1 fully saturated rings. The summed E-state index contributed by atoms with van der Waals surface area (Å²) < 4.78 is 0. The van der Waals surface area contributed by atoms with Gasteiger partial charge in [0.2, 0.25) is 0 Å². The second-order valence-corrected chi connectivity index (χ2v) is 6.45. The Morgan fingerprint density at radius 2 is 1.75 bits per heavy atom. The summed E-state index contributed by atoms with van der Waals surface area (Å²) in [6.45, 7) is 2.26. The average molecular weight is 274 g/mol. The first-order valence-corrected chi connectivity index (χ1v) is 8.54. The summed E-state index contributed by atoms with van der Waals surface area (Å²) in [7, 11) is 0. The molecule has 112 valence electrons. The molecule has 0 saturated heterocycles. The summed E-state index contributed by atoms with van der Waals surface area (Å²) in [5, 5.41) is 10.2. The second-order valence-electron chi connectivity index (χ2n) is 6.45. The Balaban J connectivity index is 1.79. The van der Waals surface area contributed by atoms with Crippen LogP contribution in [-0.2, 0) is 0 Å². The van der Waals surface area contributed by atoms with Gasteiger partial charge < -0.3 is 5.11 Å². The van der Waals surface area contributed by atoms with Crippen LogP contribution in [0.2, 0.25) is 0 Å². The first-order valence-electron chi connectivity index (χ1n) is 8.54. The Hall–Kier alpha value is -0.820. The van der Waals surface area contributed by atoms with Crippen LogP contribution >= 0.6 is 0 Å². The fraction of sp³-hybridized carbons (Fsp3) is 0.684. The van der Waals surface area contributed by atoms with Crippen LogP contribution in [0.5, 0.6) is 0 Å². The first-order chi connectivity index (χ1) is 9.81. The van der Waals surface area contributed by atoms with E-state index in [-0.39, 0.29) is 6.10 Å². The van der Waals surface area contributed by atoms with Crippen molar-refractivity contribution in [1.29, 1.82) is 0 Å². The molecule has 20 heavy (non-hydrogen) atoms. The van der Waals surface area contributed by atoms with Crippen molar-refractivity contribution in [2.45, 2.75) is 76.7 Å². The third-order valence-corrected chi connectivity index (χ3v) is 4.89. The summed E-state index contributed by atoms with van der Waals surface area (Å²) in [5.74, 6) is 1.19. The Morgan fingerprint density at radius 1 is 1.00 bits per heavy atom. The highest BCUT2D eigenvalue weighted by Gasteiger charge is 2.29. The minimum Gasteiger partial charge on any atom is -0.393 e. The number of benzene rings is 1. The number of unbranched alkanes of at least 4 members (excludes halogenated alkanes) is 4. The minimum absolute atomic E-state index is 0.0545. The van der Waals surface area contributed by atoms with Crippen molar-refractivity contribution in [3.63, 3.8) is 0 Å². The molecule has 3 atom stereocenters. The molecule has 1 heteroatoms. The highest BCUT2D eigenvalue weighted by molar-refractivity contribution is 5.20. The van der Waals surface area contributed by atoms with Crippen LogP contribution in [0.15, 0.2) is 30.3 Å². The fourth-order valence-electron chi connectivity index (χ4n) is 3.60. The van der Waals surface area contributed by atoms with E-state index in [0.29, 0.717) is 11.8 Å². The lowest BCUT2D eigenvalue weighted by Gasteiger charge is -2.33. The summed E-state index contributed by atoms with van der Waals surface area (Å²) in [6, 6.07) is 10.9. The molecule has 2 rings (SSSR count). The number of aliphatic hydroxyl groups is 1. The fourth-order valence-corrected chi connectivity index (χ4v) is 3.60. The van der Waals surface area contributed by atoms with E-state index in [1.165, 1.54) is 50.5 Å². The maximum atomic E-state index is 10.2. The van der Waals surface area contributed by atoms with Crippen LogP contribution in [0.1, 0.15) is 76.2 Å². The van der Waals surface area contributed by atoms with Crippen molar-refractivity contribution in [2.75, 3.05) is 0 Å². The molecule has 1 aromatic rings. The maximum absolute atomic E-state index is 10.2. The van der Waals surface area contributed by atoms with Gasteiger partial charge in [-0.25, -0.2) is 0 Å². The predicted octanol–water partition coefficient (Wildman–Crippen LogP) is 5.29. The molecule has 1 aliphatic carbocycles. The van der Waals surface area contributed by atoms with E-state index in [9.17, 15) is 5.11 Å². The van der Waals surface area contributed by atoms with Gasteiger partial charge in [-0.3, -0.25) is 0 Å². The molecule has 1 aromatic carbocycles. The summed E-state index contributed by atoms with van der Waals surface area (Å²) in [4.78, 5) is 0. The summed E-state index contributed by atoms with van der Waals surface area (Å²) in [5.41, 5.74) is 1.47. The van der Waals surface area contributed by atoms with E-state index in [0.717, 1.165) is 12.8 Å². The third-order valence-electron chi connectivity index (χ3n) is 4.89. The van der Waals surface area contributed by atoms with Crippen LogP contribution in [-0.4, -0.2) is 11.2 Å². The van der Waals surface area contributed by atoms with Crippen molar-refractivity contribution in [1.82, 2.24) is 0 Å². The molecule has 0 spiro atoms. The zero-order chi connectivity index (χ0) is 14.2. The highest BCUT2D eigenvalue weighted by Crippen LogP contribution is 2.38. The van der Waals surface area contributed by atoms with Gasteiger partial charge in [0.05, 0.1) is 6.10 Å². The van der Waals surface area contributed by atoms with Gasteiger partial charge in [-0.05, 0) is 43.1 Å². The van der Waals surface area contributed by atoms with Crippen molar-refractivity contribution in [2.24, 2.45) is 5.92 Å². The normalized spacial score (nSPS) is 26.6. The number of hydrogen-bond donors (Lipinski definition) is 1. The average Bonchev–Trinajstić information content (AvgIpc) is 2.49. The SMILES string of the molecule is CCCCCCCC1CC(c2ccccc2)CCC1O. The lowest BCUT2D eigenvalue weighted by molar-refractivity contribution is 0.0559. The molecule has 3 unspecified atom stereocenters. The van der Waals surface area contributed by atoms with Crippen LogP contribution in [0.3, 0.4) is 0 Å². The van der Waals surface area contributed by atoms with Gasteiger partial charge in [-0.1, -0.05) is 69.4 Å². The van der Waals surface area contributed by atoms with Gasteiger partial charge in [-0.15, -0.1) is 0 Å². The molecule has 0 aliphatic heterocycles. The zero-order valence-corrected chi connectivity index (χ0v) is 12.9. The van der Waals surface area contributed by atoms with E-state index < -0.39 is 0 Å². The van der Waals surface area contributed by atoms with Crippen LogP contribution in [0.25, 0.3) is 0 Å². The molecule has 0 heterocycles. The molecule has 0 amide bonds. The van der Waals surface area contributed by atoms with Gasteiger partial charge in [0.15, 0.2) is 0 Å². The van der Waals surface area contributed by atoms with Crippen LogP contribution < -0.4 is 0 Å². The molecular formula is C19H30O. The van der Waals surface area contributed by atoms with Crippen molar-refractivity contribution in [3.05, 3.63) is 35.9 Å². The molecule has 1 nitrogen and oxygen atoms in total. The van der Waals surface area contributed by atoms with Gasteiger partial charge in [0.1, 0.15) is 0 Å². The van der Waals surface area contributed by atoms with E-state index >= 15 is 0 Å². The molecule has 1 N–H and O–H groups in total. The van der Waals surface area contributed by atoms with E-state index in [4.69, 9.17) is 0 Å². The number of hydrogen-bond acceptors (Lipinski definition) is 1. The highest BCUT2D eigenvalue weighted by atomic mass is 16.3. The predicted molar refractivity (Wildman–Crippen MR) is 85.9 cm³/mol. The Morgan fingerprint density at radius 3 is 2.50 bits per heavy atom. The Bertz CT molecular complexity index is 359. The minimum atomic E-state index is -0.0545. The van der Waals surface area contributed by atoms with Gasteiger partial charge in [0.25, 0.3) is 0 Å². The van der Waals surface area contributed by atoms with E-state index in [1.54, 1.807) is 0 Å². The smallest absolute Gasteiger partial charge is 0.0568 e. The molecule has 0 aromatic heterocycles. The van der Waals surface area contributed by atoms with E-state index in [1.807, 2.05) is 0 Å². The van der Waals surface area contributed by atoms with E-state index in [2.05, 4.69) is 37.3 Å².